The van der Waals surface area contributed by atoms with Crippen LogP contribution in [0.4, 0.5) is 0 Å². The molecular weight excluding hydrogens is 472 g/mol. The fourth-order valence-corrected chi connectivity index (χ4v) is 8.99. The number of Topliss-reactive ketones (excluding diaryl/α,β-unsaturated/α-hetero) is 1. The van der Waals surface area contributed by atoms with Crippen molar-refractivity contribution in [3.63, 3.8) is 0 Å². The molecule has 6 aliphatic rings. The van der Waals surface area contributed by atoms with Gasteiger partial charge in [-0.15, -0.1) is 0 Å². The Balaban J connectivity index is 1.23. The van der Waals surface area contributed by atoms with Crippen molar-refractivity contribution in [2.45, 2.75) is 101 Å². The van der Waals surface area contributed by atoms with E-state index in [-0.39, 0.29) is 47.9 Å². The van der Waals surface area contributed by atoms with Crippen molar-refractivity contribution in [1.29, 1.82) is 0 Å². The van der Waals surface area contributed by atoms with E-state index in [0.717, 1.165) is 58.2 Å². The van der Waals surface area contributed by atoms with Gasteiger partial charge in [0.25, 0.3) is 0 Å². The van der Waals surface area contributed by atoms with Crippen molar-refractivity contribution < 1.29 is 28.9 Å². The molecule has 6 rings (SSSR count). The molecule has 6 fully saturated rings. The zero-order valence-electron chi connectivity index (χ0n) is 22.4. The Bertz CT molecular complexity index is 825. The standard InChI is InChI=1S/C29H46N2O6/c1-35-18-9-7-17(8-10-18)21-16-36-28-25-20(14-24(33)37-23(25)15-22(32)26(28)27(21)34)19-6-5-11-30-29(19)31-12-3-2-4-13-31/h17-23,25-26,28-30,32H,2-16H2,1H3. The lowest BCUT2D eigenvalue weighted by atomic mass is 9.59. The lowest BCUT2D eigenvalue weighted by molar-refractivity contribution is -0.221. The van der Waals surface area contributed by atoms with Crippen molar-refractivity contribution in [3.05, 3.63) is 0 Å². The van der Waals surface area contributed by atoms with Gasteiger partial charge in [-0.05, 0) is 88.8 Å². The van der Waals surface area contributed by atoms with E-state index in [0.29, 0.717) is 37.4 Å². The minimum atomic E-state index is -0.814. The number of fused-ring (bicyclic) bond motifs is 3. The second kappa shape index (κ2) is 11.2. The quantitative estimate of drug-likeness (QED) is 0.548. The van der Waals surface area contributed by atoms with Crippen LogP contribution in [0.2, 0.25) is 0 Å². The molecule has 0 aromatic rings. The highest BCUT2D eigenvalue weighted by Gasteiger charge is 2.59. The van der Waals surface area contributed by atoms with Gasteiger partial charge in [0, 0.05) is 31.8 Å². The third-order valence-corrected chi connectivity index (χ3v) is 10.8. The first-order valence-electron chi connectivity index (χ1n) is 15.1. The van der Waals surface area contributed by atoms with Crippen LogP contribution in [0.5, 0.6) is 0 Å². The molecule has 0 bridgehead atoms. The highest BCUT2D eigenvalue weighted by Crippen LogP contribution is 2.50. The number of aliphatic hydroxyl groups is 1. The Morgan fingerprint density at radius 2 is 1.78 bits per heavy atom. The summed E-state index contributed by atoms with van der Waals surface area (Å²) in [5.41, 5.74) is 0. The van der Waals surface area contributed by atoms with E-state index < -0.39 is 12.0 Å². The van der Waals surface area contributed by atoms with Crippen molar-refractivity contribution in [3.8, 4) is 0 Å². The number of ether oxygens (including phenoxy) is 3. The summed E-state index contributed by atoms with van der Waals surface area (Å²) in [6.45, 7) is 3.64. The summed E-state index contributed by atoms with van der Waals surface area (Å²) in [4.78, 5) is 29.4. The van der Waals surface area contributed by atoms with Crippen LogP contribution in [0.15, 0.2) is 0 Å². The number of nitrogens with zero attached hydrogens (tertiary/aromatic N) is 1. The minimum Gasteiger partial charge on any atom is -0.462 e. The second-order valence-electron chi connectivity index (χ2n) is 12.7. The number of rotatable bonds is 4. The molecule has 4 heterocycles. The lowest BCUT2D eigenvalue weighted by Crippen LogP contribution is -2.65. The number of carbonyl (C=O) groups is 2. The Morgan fingerprint density at radius 1 is 1.00 bits per heavy atom. The zero-order valence-corrected chi connectivity index (χ0v) is 22.4. The van der Waals surface area contributed by atoms with E-state index in [1.165, 1.54) is 19.3 Å². The zero-order chi connectivity index (χ0) is 25.5. The number of piperidine rings is 2. The summed E-state index contributed by atoms with van der Waals surface area (Å²) >= 11 is 0. The van der Waals surface area contributed by atoms with Crippen LogP contribution in [-0.4, -0.2) is 85.7 Å². The highest BCUT2D eigenvalue weighted by atomic mass is 16.6. The van der Waals surface area contributed by atoms with Crippen LogP contribution in [0.3, 0.4) is 0 Å². The number of hydrogen-bond donors (Lipinski definition) is 2. The van der Waals surface area contributed by atoms with Crippen LogP contribution in [0.25, 0.3) is 0 Å². The van der Waals surface area contributed by atoms with Crippen LogP contribution >= 0.6 is 0 Å². The third kappa shape index (κ3) is 5.02. The third-order valence-electron chi connectivity index (χ3n) is 10.8. The maximum absolute atomic E-state index is 14.0. The molecular formula is C29H46N2O6. The second-order valence-corrected chi connectivity index (χ2v) is 12.7. The fraction of sp³-hybridized carbons (Fsp3) is 0.931. The van der Waals surface area contributed by atoms with Gasteiger partial charge in [-0.1, -0.05) is 6.42 Å². The van der Waals surface area contributed by atoms with Crippen LogP contribution in [-0.2, 0) is 23.8 Å². The number of likely N-dealkylation sites (tertiary alicyclic amines) is 1. The van der Waals surface area contributed by atoms with Crippen molar-refractivity contribution in [2.75, 3.05) is 33.4 Å². The Morgan fingerprint density at radius 3 is 2.54 bits per heavy atom. The summed E-state index contributed by atoms with van der Waals surface area (Å²) in [7, 11) is 1.77. The van der Waals surface area contributed by atoms with E-state index >= 15 is 0 Å². The normalized spacial score (nSPS) is 47.6. The molecule has 4 aliphatic heterocycles. The van der Waals surface area contributed by atoms with Crippen LogP contribution in [0.1, 0.15) is 70.6 Å². The first kappa shape index (κ1) is 26.2. The molecule has 8 heteroatoms. The van der Waals surface area contributed by atoms with E-state index in [1.807, 2.05) is 0 Å². The van der Waals surface area contributed by atoms with Crippen molar-refractivity contribution in [2.24, 2.45) is 35.5 Å². The SMILES string of the molecule is COC1CCC(C2COC3C(C2=O)C(O)CC2OC(=O)CC(C4CCCNC4N4CCCCC4)C23)CC1. The van der Waals surface area contributed by atoms with E-state index in [2.05, 4.69) is 10.2 Å². The van der Waals surface area contributed by atoms with E-state index in [4.69, 9.17) is 14.2 Å². The molecule has 208 valence electrons. The molecule has 0 radical (unpaired) electrons. The number of methoxy groups -OCH3 is 1. The number of esters is 1. The molecule has 2 aliphatic carbocycles. The lowest BCUT2D eigenvalue weighted by Gasteiger charge is -2.55. The molecule has 37 heavy (non-hydrogen) atoms. The molecule has 2 N–H and O–H groups in total. The smallest absolute Gasteiger partial charge is 0.306 e. The maximum Gasteiger partial charge on any atom is 0.306 e. The molecule has 8 nitrogen and oxygen atoms in total. The molecule has 4 saturated heterocycles. The van der Waals surface area contributed by atoms with Gasteiger partial charge in [-0.3, -0.25) is 14.5 Å². The van der Waals surface area contributed by atoms with Crippen molar-refractivity contribution >= 4 is 11.8 Å². The Kier molecular flexibility index (Phi) is 7.93. The molecule has 0 aromatic carbocycles. The van der Waals surface area contributed by atoms with Crippen LogP contribution in [0, 0.1) is 35.5 Å². The summed E-state index contributed by atoms with van der Waals surface area (Å²) < 4.78 is 18.0. The fourth-order valence-electron chi connectivity index (χ4n) is 8.99. The first-order valence-corrected chi connectivity index (χ1v) is 15.1. The number of nitrogens with one attached hydrogen (secondary N) is 1. The van der Waals surface area contributed by atoms with Gasteiger partial charge in [0.05, 0.1) is 37.0 Å². The average molecular weight is 519 g/mol. The first-order chi connectivity index (χ1) is 18.0. The molecule has 0 amide bonds. The number of aliphatic hydroxyl groups excluding tert-OH is 1. The van der Waals surface area contributed by atoms with Gasteiger partial charge in [0.15, 0.2) is 0 Å². The minimum absolute atomic E-state index is 0.0302. The summed E-state index contributed by atoms with van der Waals surface area (Å²) in [5.74, 6) is 0.0732. The molecule has 9 atom stereocenters. The average Bonchev–Trinajstić information content (AvgIpc) is 2.93. The predicted molar refractivity (Wildman–Crippen MR) is 137 cm³/mol. The topological polar surface area (TPSA) is 97.3 Å². The van der Waals surface area contributed by atoms with E-state index in [1.54, 1.807) is 7.11 Å². The molecule has 0 spiro atoms. The summed E-state index contributed by atoms with van der Waals surface area (Å²) in [6.07, 6.45) is 9.58. The predicted octanol–water partition coefficient (Wildman–Crippen LogP) is 2.52. The number of ketones is 1. The monoisotopic (exact) mass is 518 g/mol. The molecule has 0 aromatic heterocycles. The Hall–Kier alpha value is -1.06. The molecule has 9 unspecified atom stereocenters. The number of carbonyl (C=O) groups excluding carboxylic acids is 2. The Labute approximate surface area is 221 Å². The molecule has 2 saturated carbocycles. The summed E-state index contributed by atoms with van der Waals surface area (Å²) in [5, 5.41) is 15.0. The van der Waals surface area contributed by atoms with Gasteiger partial charge < -0.3 is 24.6 Å². The van der Waals surface area contributed by atoms with Crippen LogP contribution < -0.4 is 5.32 Å². The van der Waals surface area contributed by atoms with Gasteiger partial charge in [-0.2, -0.15) is 0 Å². The van der Waals surface area contributed by atoms with Gasteiger partial charge in [0.2, 0.25) is 0 Å². The highest BCUT2D eigenvalue weighted by molar-refractivity contribution is 5.86. The van der Waals surface area contributed by atoms with Gasteiger partial charge >= 0.3 is 5.97 Å². The van der Waals surface area contributed by atoms with Gasteiger partial charge in [-0.25, -0.2) is 0 Å². The van der Waals surface area contributed by atoms with E-state index in [9.17, 15) is 14.7 Å². The van der Waals surface area contributed by atoms with Crippen molar-refractivity contribution in [1.82, 2.24) is 10.2 Å². The van der Waals surface area contributed by atoms with Gasteiger partial charge in [0.1, 0.15) is 11.9 Å². The number of hydrogen-bond acceptors (Lipinski definition) is 8. The maximum atomic E-state index is 14.0. The summed E-state index contributed by atoms with van der Waals surface area (Å²) in [6, 6.07) is 0. The largest absolute Gasteiger partial charge is 0.462 e.